The first kappa shape index (κ1) is 37.2. The van der Waals surface area contributed by atoms with E-state index in [1.165, 1.54) is 7.05 Å². The van der Waals surface area contributed by atoms with Crippen LogP contribution in [0.15, 0.2) is 90.5 Å². The molecule has 3 aromatic carbocycles. The molecule has 2 N–H and O–H groups in total. The third-order valence-corrected chi connectivity index (χ3v) is 12.2. The number of nitrogens with zero attached hydrogens (tertiary/aromatic N) is 4. The van der Waals surface area contributed by atoms with Gasteiger partial charge in [-0.2, -0.15) is 23.2 Å². The van der Waals surface area contributed by atoms with E-state index in [4.69, 9.17) is 11.6 Å². The van der Waals surface area contributed by atoms with Crippen LogP contribution >= 0.6 is 11.6 Å². The molecule has 0 bridgehead atoms. The van der Waals surface area contributed by atoms with Crippen molar-refractivity contribution >= 4 is 46.7 Å². The van der Waals surface area contributed by atoms with E-state index in [2.05, 4.69) is 10.4 Å². The number of pyridine rings is 1. The molecule has 56 heavy (non-hydrogen) atoms. The third-order valence-electron chi connectivity index (χ3n) is 11.9. The Morgan fingerprint density at radius 2 is 1.55 bits per heavy atom. The van der Waals surface area contributed by atoms with Crippen molar-refractivity contribution in [2.24, 2.45) is 23.7 Å². The van der Waals surface area contributed by atoms with Gasteiger partial charge in [-0.05, 0) is 86.1 Å². The van der Waals surface area contributed by atoms with E-state index in [0.29, 0.717) is 39.6 Å². The Bertz CT molecular complexity index is 2330. The first-order chi connectivity index (χ1) is 26.5. The van der Waals surface area contributed by atoms with E-state index in [1.807, 2.05) is 43.3 Å². The predicted octanol–water partition coefficient (Wildman–Crippen LogP) is 7.42. The number of carbonyl (C=O) groups excluding carboxylic acids is 4. The maximum atomic E-state index is 15.3. The lowest BCUT2D eigenvalue weighted by Crippen LogP contribution is -2.53. The van der Waals surface area contributed by atoms with Crippen molar-refractivity contribution < 1.29 is 37.5 Å². The molecule has 10 nitrogen and oxygen atoms in total. The molecule has 288 valence electrons. The normalized spacial score (nSPS) is 25.9. The van der Waals surface area contributed by atoms with Crippen LogP contribution in [-0.2, 0) is 30.8 Å². The Balaban J connectivity index is 1.29. The van der Waals surface area contributed by atoms with Gasteiger partial charge in [-0.1, -0.05) is 83.4 Å². The van der Waals surface area contributed by atoms with Gasteiger partial charge in [-0.25, -0.2) is 4.98 Å². The smallest absolute Gasteiger partial charge is 0.433 e. The number of rotatable bonds is 6. The summed E-state index contributed by atoms with van der Waals surface area (Å²) in [6, 6.07) is 21.6. The summed E-state index contributed by atoms with van der Waals surface area (Å²) in [5.41, 5.74) is 4.82. The Morgan fingerprint density at radius 1 is 0.893 bits per heavy atom. The molecule has 0 radical (unpaired) electrons. The number of phenols is 1. The van der Waals surface area contributed by atoms with Crippen LogP contribution in [0.25, 0.3) is 0 Å². The number of halogens is 4. The van der Waals surface area contributed by atoms with Gasteiger partial charge in [0.05, 0.1) is 33.9 Å². The van der Waals surface area contributed by atoms with Crippen molar-refractivity contribution in [3.8, 4) is 5.75 Å². The van der Waals surface area contributed by atoms with Crippen LogP contribution in [0.3, 0.4) is 0 Å². The lowest BCUT2D eigenvalue weighted by atomic mass is 9.49. The number of hydrogen-bond acceptors (Lipinski definition) is 8. The van der Waals surface area contributed by atoms with Crippen molar-refractivity contribution in [1.29, 1.82) is 0 Å². The molecule has 14 heteroatoms. The van der Waals surface area contributed by atoms with Crippen LogP contribution in [0.4, 0.5) is 24.7 Å². The summed E-state index contributed by atoms with van der Waals surface area (Å²) in [6.45, 7) is 5.41. The summed E-state index contributed by atoms with van der Waals surface area (Å²) in [5.74, 6) is -7.18. The second-order valence-corrected chi connectivity index (χ2v) is 15.5. The molecule has 4 amide bonds. The van der Waals surface area contributed by atoms with Gasteiger partial charge >= 0.3 is 6.18 Å². The highest BCUT2D eigenvalue weighted by Crippen LogP contribution is 2.64. The number of aromatic hydroxyl groups is 1. The molecule has 2 aliphatic carbocycles. The van der Waals surface area contributed by atoms with Gasteiger partial charge in [-0.15, -0.1) is 0 Å². The van der Waals surface area contributed by atoms with Gasteiger partial charge in [0.15, 0.2) is 5.82 Å². The number of carbonyl (C=O) groups is 4. The number of imide groups is 2. The molecule has 0 spiro atoms. The van der Waals surface area contributed by atoms with Crippen LogP contribution in [0, 0.1) is 44.4 Å². The Hall–Kier alpha value is -5.69. The van der Waals surface area contributed by atoms with Gasteiger partial charge in [-0.3, -0.25) is 29.6 Å². The lowest BCUT2D eigenvalue weighted by Gasteiger charge is -2.50. The summed E-state index contributed by atoms with van der Waals surface area (Å²) in [5, 5.41) is 13.5. The molecule has 6 atom stereocenters. The number of phenolic OH excluding ortho intramolecular Hbond substituents is 1. The van der Waals surface area contributed by atoms with E-state index < -0.39 is 76.3 Å². The first-order valence-electron chi connectivity index (χ1n) is 18.2. The number of anilines is 2. The molecule has 2 saturated heterocycles. The van der Waals surface area contributed by atoms with Crippen molar-refractivity contribution in [3.05, 3.63) is 129 Å². The second-order valence-electron chi connectivity index (χ2n) is 15.1. The van der Waals surface area contributed by atoms with Crippen LogP contribution < -0.4 is 10.4 Å². The average Bonchev–Trinajstić information content (AvgIpc) is 3.54. The number of aryl methyl sites for hydroxylation is 3. The number of hydrogen-bond donors (Lipinski definition) is 2. The SMILES string of the molecule is Cc1ccc(NN2C(=O)C3CC4C(=CCC5C(=O)N(N(C)c6nc(C(F)(F)F)ccc6Cl)C(=O)C54)C(c4cc(C)c(O)c(C)c4)C3(c3ccccc3)C2=O)cc1. The number of aromatic nitrogens is 1. The minimum Gasteiger partial charge on any atom is -0.507 e. The summed E-state index contributed by atoms with van der Waals surface area (Å²) < 4.78 is 41.1. The summed E-state index contributed by atoms with van der Waals surface area (Å²) >= 11 is 6.32. The topological polar surface area (TPSA) is 123 Å². The monoisotopic (exact) mass is 783 g/mol. The summed E-state index contributed by atoms with van der Waals surface area (Å²) in [7, 11) is 1.26. The fraction of sp³-hybridized carbons (Fsp3) is 0.310. The molecule has 1 aromatic heterocycles. The molecule has 3 heterocycles. The maximum Gasteiger partial charge on any atom is 0.433 e. The summed E-state index contributed by atoms with van der Waals surface area (Å²) in [6.07, 6.45) is -2.82. The second kappa shape index (κ2) is 13.2. The van der Waals surface area contributed by atoms with Crippen LogP contribution in [-0.4, -0.2) is 50.8 Å². The molecule has 1 saturated carbocycles. The number of nitrogens with one attached hydrogen (secondary N) is 1. The number of alkyl halides is 3. The quantitative estimate of drug-likeness (QED) is 0.153. The number of amides is 4. The zero-order valence-corrected chi connectivity index (χ0v) is 31.5. The molecule has 8 rings (SSSR count). The Labute approximate surface area is 325 Å². The molecule has 2 aliphatic heterocycles. The van der Waals surface area contributed by atoms with Gasteiger partial charge in [0.25, 0.3) is 23.6 Å². The number of hydrazine groups is 2. The number of allylic oxidation sites excluding steroid dienone is 2. The highest BCUT2D eigenvalue weighted by Gasteiger charge is 2.70. The Morgan fingerprint density at radius 3 is 2.20 bits per heavy atom. The fourth-order valence-electron chi connectivity index (χ4n) is 9.47. The Kier molecular flexibility index (Phi) is 8.79. The molecule has 4 aromatic rings. The standard InChI is InChI=1S/C42H37ClF3N5O5/c1-21-10-12-26(13-11-21)48-50-38(54)30-20-29-27(34(24-18-22(2)35(52)23(3)19-24)41(30,40(50)56)25-8-6-5-7-9-25)14-15-28-33(29)39(55)51(37(28)53)49(4)36-31(43)16-17-32(47-36)42(44,45)46/h5-14,16-19,28-30,33-34,48,52H,15,20H2,1-4H3. The predicted molar refractivity (Wildman–Crippen MR) is 201 cm³/mol. The molecule has 6 unspecified atom stereocenters. The third kappa shape index (κ3) is 5.49. The van der Waals surface area contributed by atoms with Crippen LogP contribution in [0.1, 0.15) is 52.3 Å². The highest BCUT2D eigenvalue weighted by atomic mass is 35.5. The van der Waals surface area contributed by atoms with Gasteiger partial charge in [0.2, 0.25) is 0 Å². The minimum absolute atomic E-state index is 0.0181. The van der Waals surface area contributed by atoms with E-state index in [9.17, 15) is 32.7 Å². The van der Waals surface area contributed by atoms with E-state index in [0.717, 1.165) is 26.7 Å². The van der Waals surface area contributed by atoms with Gasteiger partial charge in [0.1, 0.15) is 11.4 Å². The minimum atomic E-state index is -4.81. The van der Waals surface area contributed by atoms with Crippen molar-refractivity contribution in [2.75, 3.05) is 17.5 Å². The van der Waals surface area contributed by atoms with Crippen LogP contribution in [0.5, 0.6) is 5.75 Å². The zero-order chi connectivity index (χ0) is 40.0. The van der Waals surface area contributed by atoms with Crippen molar-refractivity contribution in [1.82, 2.24) is 15.0 Å². The highest BCUT2D eigenvalue weighted by molar-refractivity contribution is 6.33. The average molecular weight is 784 g/mol. The largest absolute Gasteiger partial charge is 0.507 e. The van der Waals surface area contributed by atoms with Gasteiger partial charge < -0.3 is 5.11 Å². The molecule has 4 aliphatic rings. The lowest BCUT2D eigenvalue weighted by molar-refractivity contribution is -0.142. The number of fused-ring (bicyclic) bond motifs is 4. The first-order valence-corrected chi connectivity index (χ1v) is 18.6. The fourth-order valence-corrected chi connectivity index (χ4v) is 9.70. The summed E-state index contributed by atoms with van der Waals surface area (Å²) in [4.78, 5) is 62.8. The van der Waals surface area contributed by atoms with E-state index >= 15 is 4.79 Å². The number of benzene rings is 3. The van der Waals surface area contributed by atoms with E-state index in [-0.39, 0.29) is 23.6 Å². The maximum absolute atomic E-state index is 15.3. The van der Waals surface area contributed by atoms with Gasteiger partial charge in [0, 0.05) is 13.0 Å². The van der Waals surface area contributed by atoms with Crippen LogP contribution in [0.2, 0.25) is 5.02 Å². The van der Waals surface area contributed by atoms with E-state index in [1.54, 1.807) is 50.2 Å². The zero-order valence-electron chi connectivity index (χ0n) is 30.8. The molecule has 3 fully saturated rings. The molecular formula is C42H37ClF3N5O5. The van der Waals surface area contributed by atoms with Crippen molar-refractivity contribution in [2.45, 2.75) is 51.1 Å². The van der Waals surface area contributed by atoms with Crippen molar-refractivity contribution in [3.63, 3.8) is 0 Å². The molecular weight excluding hydrogens is 747 g/mol.